The van der Waals surface area contributed by atoms with Crippen LogP contribution in [-0.4, -0.2) is 0 Å². The van der Waals surface area contributed by atoms with Crippen molar-refractivity contribution in [3.63, 3.8) is 0 Å². The molecule has 0 amide bonds. The monoisotopic (exact) mass is 199 g/mol. The summed E-state index contributed by atoms with van der Waals surface area (Å²) in [7, 11) is 0. The molecule has 15 heavy (non-hydrogen) atoms. The van der Waals surface area contributed by atoms with E-state index < -0.39 is 0 Å². The highest BCUT2D eigenvalue weighted by Crippen LogP contribution is 2.24. The smallest absolute Gasteiger partial charge is 0.0940 e. The van der Waals surface area contributed by atoms with E-state index in [9.17, 15) is 0 Å². The lowest BCUT2D eigenvalue weighted by molar-refractivity contribution is 0.679. The molecule has 0 fully saturated rings. The lowest BCUT2D eigenvalue weighted by Crippen LogP contribution is -1.96. The van der Waals surface area contributed by atoms with E-state index in [1.807, 2.05) is 0 Å². The van der Waals surface area contributed by atoms with Crippen LogP contribution in [0.2, 0.25) is 0 Å². The van der Waals surface area contributed by atoms with E-state index in [1.54, 1.807) is 0 Å². The zero-order chi connectivity index (χ0) is 11.3. The molecule has 0 aliphatic carbocycles. The van der Waals surface area contributed by atoms with Gasteiger partial charge in [0, 0.05) is 5.57 Å². The number of hydrogen-bond acceptors (Lipinski definition) is 1. The van der Waals surface area contributed by atoms with Crippen molar-refractivity contribution in [1.29, 1.82) is 5.26 Å². The fourth-order valence-electron chi connectivity index (χ4n) is 1.74. The molecule has 0 saturated heterocycles. The van der Waals surface area contributed by atoms with Crippen molar-refractivity contribution in [3.05, 3.63) is 47.5 Å². The Bertz CT molecular complexity index is 385. The summed E-state index contributed by atoms with van der Waals surface area (Å²) < 4.78 is 0. The molecule has 1 aromatic carbocycles. The van der Waals surface area contributed by atoms with Gasteiger partial charge in [-0.15, -0.1) is 0 Å². The van der Waals surface area contributed by atoms with Gasteiger partial charge in [0.15, 0.2) is 0 Å². The SMILES string of the molecule is C=C(C#N)CCC(C)c1ccccc1C. The second-order valence-corrected chi connectivity index (χ2v) is 4.01. The van der Waals surface area contributed by atoms with Gasteiger partial charge in [-0.1, -0.05) is 37.8 Å². The van der Waals surface area contributed by atoms with Crippen LogP contribution in [-0.2, 0) is 0 Å². The van der Waals surface area contributed by atoms with Gasteiger partial charge in [0.25, 0.3) is 0 Å². The Kier molecular flexibility index (Phi) is 4.12. The summed E-state index contributed by atoms with van der Waals surface area (Å²) in [6, 6.07) is 10.5. The van der Waals surface area contributed by atoms with Crippen molar-refractivity contribution in [2.45, 2.75) is 32.6 Å². The Hall–Kier alpha value is -1.55. The van der Waals surface area contributed by atoms with Crippen molar-refractivity contribution in [1.82, 2.24) is 0 Å². The lowest BCUT2D eigenvalue weighted by atomic mass is 9.91. The zero-order valence-electron chi connectivity index (χ0n) is 9.46. The highest BCUT2D eigenvalue weighted by Gasteiger charge is 2.07. The summed E-state index contributed by atoms with van der Waals surface area (Å²) in [6.07, 6.45) is 1.79. The van der Waals surface area contributed by atoms with Crippen LogP contribution in [0.1, 0.15) is 36.8 Å². The number of hydrogen-bond donors (Lipinski definition) is 0. The molecule has 78 valence electrons. The third-order valence-electron chi connectivity index (χ3n) is 2.76. The second kappa shape index (κ2) is 5.36. The van der Waals surface area contributed by atoms with E-state index in [-0.39, 0.29) is 0 Å². The number of benzene rings is 1. The summed E-state index contributed by atoms with van der Waals surface area (Å²) in [5, 5.41) is 8.62. The molecule has 1 unspecified atom stereocenters. The van der Waals surface area contributed by atoms with Crippen molar-refractivity contribution in [2.75, 3.05) is 0 Å². The van der Waals surface area contributed by atoms with Crippen LogP contribution >= 0.6 is 0 Å². The van der Waals surface area contributed by atoms with Gasteiger partial charge in [0.1, 0.15) is 0 Å². The van der Waals surface area contributed by atoms with Crippen molar-refractivity contribution < 1.29 is 0 Å². The van der Waals surface area contributed by atoms with E-state index in [4.69, 9.17) is 5.26 Å². The largest absolute Gasteiger partial charge is 0.193 e. The lowest BCUT2D eigenvalue weighted by Gasteiger charge is -2.13. The summed E-state index contributed by atoms with van der Waals surface area (Å²) in [4.78, 5) is 0. The number of aryl methyl sites for hydroxylation is 1. The summed E-state index contributed by atoms with van der Waals surface area (Å²) in [6.45, 7) is 8.03. The van der Waals surface area contributed by atoms with Gasteiger partial charge >= 0.3 is 0 Å². The molecule has 1 aromatic rings. The molecule has 0 saturated carbocycles. The first-order chi connectivity index (χ1) is 7.15. The highest BCUT2D eigenvalue weighted by atomic mass is 14.2. The highest BCUT2D eigenvalue weighted by molar-refractivity contribution is 5.29. The minimum atomic E-state index is 0.497. The molecule has 0 heterocycles. The van der Waals surface area contributed by atoms with E-state index in [0.717, 1.165) is 12.8 Å². The van der Waals surface area contributed by atoms with Gasteiger partial charge < -0.3 is 0 Å². The standard InChI is InChI=1S/C14H17N/c1-11(10-15)8-9-13(3)14-7-5-4-6-12(14)2/h4-7,13H,1,8-9H2,2-3H3. The number of nitriles is 1. The molecule has 1 rings (SSSR count). The normalized spacial score (nSPS) is 11.8. The molecule has 0 aliphatic heterocycles. The van der Waals surface area contributed by atoms with Gasteiger partial charge in [-0.05, 0) is 36.8 Å². The Morgan fingerprint density at radius 1 is 1.47 bits per heavy atom. The first-order valence-corrected chi connectivity index (χ1v) is 5.28. The Labute approximate surface area is 92.1 Å². The molecule has 0 aromatic heterocycles. The van der Waals surface area contributed by atoms with Crippen molar-refractivity contribution in [2.24, 2.45) is 0 Å². The fourth-order valence-corrected chi connectivity index (χ4v) is 1.74. The van der Waals surface area contributed by atoms with Crippen molar-refractivity contribution >= 4 is 0 Å². The average Bonchev–Trinajstić information content (AvgIpc) is 2.26. The average molecular weight is 199 g/mol. The van der Waals surface area contributed by atoms with Crippen LogP contribution in [0.4, 0.5) is 0 Å². The maximum atomic E-state index is 8.62. The first kappa shape index (κ1) is 11.5. The van der Waals surface area contributed by atoms with Crippen LogP contribution in [0, 0.1) is 18.3 Å². The van der Waals surface area contributed by atoms with E-state index in [2.05, 4.69) is 50.8 Å². The number of allylic oxidation sites excluding steroid dienone is 1. The number of nitrogens with zero attached hydrogens (tertiary/aromatic N) is 1. The minimum absolute atomic E-state index is 0.497. The maximum Gasteiger partial charge on any atom is 0.0940 e. The topological polar surface area (TPSA) is 23.8 Å². The Balaban J connectivity index is 2.62. The quantitative estimate of drug-likeness (QED) is 0.673. The summed E-state index contributed by atoms with van der Waals surface area (Å²) in [5.74, 6) is 0.497. The molecule has 0 bridgehead atoms. The molecule has 0 N–H and O–H groups in total. The molecule has 0 radical (unpaired) electrons. The van der Waals surface area contributed by atoms with Crippen LogP contribution in [0.25, 0.3) is 0 Å². The fraction of sp³-hybridized carbons (Fsp3) is 0.357. The van der Waals surface area contributed by atoms with E-state index in [0.29, 0.717) is 11.5 Å². The molecule has 0 spiro atoms. The minimum Gasteiger partial charge on any atom is -0.193 e. The van der Waals surface area contributed by atoms with Crippen molar-refractivity contribution in [3.8, 4) is 6.07 Å². The van der Waals surface area contributed by atoms with Gasteiger partial charge in [0.2, 0.25) is 0 Å². The summed E-state index contributed by atoms with van der Waals surface area (Å²) in [5.41, 5.74) is 3.38. The van der Waals surface area contributed by atoms with Gasteiger partial charge in [-0.2, -0.15) is 5.26 Å². The van der Waals surface area contributed by atoms with Gasteiger partial charge in [-0.25, -0.2) is 0 Å². The predicted molar refractivity (Wildman–Crippen MR) is 63.6 cm³/mol. The molecule has 1 heteroatoms. The second-order valence-electron chi connectivity index (χ2n) is 4.01. The van der Waals surface area contributed by atoms with Crippen LogP contribution < -0.4 is 0 Å². The molecular weight excluding hydrogens is 182 g/mol. The van der Waals surface area contributed by atoms with Crippen LogP contribution in [0.15, 0.2) is 36.4 Å². The maximum absolute atomic E-state index is 8.62. The third kappa shape index (κ3) is 3.25. The van der Waals surface area contributed by atoms with Crippen LogP contribution in [0.5, 0.6) is 0 Å². The zero-order valence-corrected chi connectivity index (χ0v) is 9.46. The Morgan fingerprint density at radius 3 is 2.73 bits per heavy atom. The molecule has 1 nitrogen and oxygen atoms in total. The molecular formula is C14H17N. The van der Waals surface area contributed by atoms with Gasteiger partial charge in [-0.3, -0.25) is 0 Å². The molecule has 1 atom stereocenters. The molecule has 0 aliphatic rings. The Morgan fingerprint density at radius 2 is 2.13 bits per heavy atom. The first-order valence-electron chi connectivity index (χ1n) is 5.28. The van der Waals surface area contributed by atoms with Gasteiger partial charge in [0.05, 0.1) is 6.07 Å². The number of rotatable bonds is 4. The predicted octanol–water partition coefficient (Wildman–Crippen LogP) is 3.96. The van der Waals surface area contributed by atoms with E-state index >= 15 is 0 Å². The van der Waals surface area contributed by atoms with Crippen LogP contribution in [0.3, 0.4) is 0 Å². The third-order valence-corrected chi connectivity index (χ3v) is 2.76. The summed E-state index contributed by atoms with van der Waals surface area (Å²) >= 11 is 0. The van der Waals surface area contributed by atoms with E-state index in [1.165, 1.54) is 11.1 Å².